The first-order valence-corrected chi connectivity index (χ1v) is 6.50. The number of nitrogens with one attached hydrogen (secondary N) is 1. The molecule has 0 aliphatic carbocycles. The van der Waals surface area contributed by atoms with Crippen molar-refractivity contribution in [1.82, 2.24) is 0 Å². The number of carbonyl (C=O) groups excluding carboxylic acids is 1. The Morgan fingerprint density at radius 1 is 1.05 bits per heavy atom. The van der Waals surface area contributed by atoms with Gasteiger partial charge < -0.3 is 5.32 Å². The first-order chi connectivity index (χ1) is 9.77. The molecule has 0 aromatic heterocycles. The zero-order valence-electron chi connectivity index (χ0n) is 10.3. The molecule has 0 heterocycles. The lowest BCUT2D eigenvalue weighted by Gasteiger charge is -2.14. The van der Waals surface area contributed by atoms with Crippen LogP contribution in [0.4, 0.5) is 23.2 Å². The second-order valence-electron chi connectivity index (χ2n) is 4.15. The molecule has 2 aromatic carbocycles. The van der Waals surface area contributed by atoms with Crippen molar-refractivity contribution in [3.63, 3.8) is 0 Å². The monoisotopic (exact) mass is 361 g/mol. The van der Waals surface area contributed by atoms with E-state index in [0.29, 0.717) is 0 Å². The molecule has 0 aliphatic rings. The standard InChI is InChI=1S/C14H8BrF4NO/c15-9-3-6-12(11(7-9)14(17,18)19)20-13(21)8-1-4-10(16)5-2-8/h1-7H,(H,20,21). The van der Waals surface area contributed by atoms with Gasteiger partial charge >= 0.3 is 6.18 Å². The Balaban J connectivity index is 2.31. The lowest BCUT2D eigenvalue weighted by atomic mass is 10.1. The molecule has 110 valence electrons. The van der Waals surface area contributed by atoms with Gasteiger partial charge in [-0.15, -0.1) is 0 Å². The molecule has 0 spiro atoms. The van der Waals surface area contributed by atoms with Crippen LogP contribution in [0.3, 0.4) is 0 Å². The summed E-state index contributed by atoms with van der Waals surface area (Å²) in [5.41, 5.74) is -1.26. The van der Waals surface area contributed by atoms with E-state index in [1.54, 1.807) is 0 Å². The van der Waals surface area contributed by atoms with Crippen molar-refractivity contribution in [2.24, 2.45) is 0 Å². The van der Waals surface area contributed by atoms with Crippen LogP contribution in [0.5, 0.6) is 0 Å². The summed E-state index contributed by atoms with van der Waals surface area (Å²) in [5, 5.41) is 2.18. The smallest absolute Gasteiger partial charge is 0.321 e. The summed E-state index contributed by atoms with van der Waals surface area (Å²) in [4.78, 5) is 11.9. The number of carbonyl (C=O) groups is 1. The highest BCUT2D eigenvalue weighted by atomic mass is 79.9. The normalized spacial score (nSPS) is 11.3. The molecule has 2 nitrogen and oxygen atoms in total. The van der Waals surface area contributed by atoms with E-state index in [1.807, 2.05) is 0 Å². The summed E-state index contributed by atoms with van der Waals surface area (Å²) in [7, 11) is 0. The van der Waals surface area contributed by atoms with Crippen LogP contribution < -0.4 is 5.32 Å². The molecule has 2 rings (SSSR count). The van der Waals surface area contributed by atoms with Crippen LogP contribution in [0.25, 0.3) is 0 Å². The van der Waals surface area contributed by atoms with Crippen molar-refractivity contribution >= 4 is 27.5 Å². The van der Waals surface area contributed by atoms with E-state index in [0.717, 1.165) is 24.3 Å². The van der Waals surface area contributed by atoms with E-state index in [9.17, 15) is 22.4 Å². The third-order valence-electron chi connectivity index (χ3n) is 2.64. The minimum atomic E-state index is -4.60. The second kappa shape index (κ2) is 5.85. The number of alkyl halides is 3. The van der Waals surface area contributed by atoms with Crippen LogP contribution in [0.15, 0.2) is 46.9 Å². The third kappa shape index (κ3) is 3.81. The molecule has 0 saturated heterocycles. The molecule has 1 amide bonds. The Kier molecular flexibility index (Phi) is 4.32. The fraction of sp³-hybridized carbons (Fsp3) is 0.0714. The first kappa shape index (κ1) is 15.5. The predicted molar refractivity (Wildman–Crippen MR) is 73.5 cm³/mol. The van der Waals surface area contributed by atoms with Crippen molar-refractivity contribution < 1.29 is 22.4 Å². The fourth-order valence-electron chi connectivity index (χ4n) is 1.66. The molecule has 21 heavy (non-hydrogen) atoms. The Bertz CT molecular complexity index is 668. The minimum Gasteiger partial charge on any atom is -0.321 e. The van der Waals surface area contributed by atoms with E-state index in [4.69, 9.17) is 0 Å². The first-order valence-electron chi connectivity index (χ1n) is 5.71. The fourth-order valence-corrected chi connectivity index (χ4v) is 2.02. The highest BCUT2D eigenvalue weighted by Gasteiger charge is 2.34. The zero-order valence-corrected chi connectivity index (χ0v) is 11.9. The average Bonchev–Trinajstić information content (AvgIpc) is 2.40. The van der Waals surface area contributed by atoms with Crippen LogP contribution in [0.2, 0.25) is 0 Å². The van der Waals surface area contributed by atoms with Gasteiger partial charge in [-0.2, -0.15) is 13.2 Å². The van der Waals surface area contributed by atoms with Gasteiger partial charge in [0.2, 0.25) is 0 Å². The van der Waals surface area contributed by atoms with Crippen molar-refractivity contribution in [2.75, 3.05) is 5.32 Å². The maximum Gasteiger partial charge on any atom is 0.418 e. The second-order valence-corrected chi connectivity index (χ2v) is 5.06. The average molecular weight is 362 g/mol. The molecule has 2 aromatic rings. The molecule has 0 aliphatic heterocycles. The molecule has 0 radical (unpaired) electrons. The summed E-state index contributed by atoms with van der Waals surface area (Å²) in [6, 6.07) is 7.90. The lowest BCUT2D eigenvalue weighted by molar-refractivity contribution is -0.136. The molecule has 0 bridgehead atoms. The molecule has 7 heteroatoms. The highest BCUT2D eigenvalue weighted by Crippen LogP contribution is 2.36. The largest absolute Gasteiger partial charge is 0.418 e. The van der Waals surface area contributed by atoms with Gasteiger partial charge in [-0.05, 0) is 42.5 Å². The number of rotatable bonds is 2. The van der Waals surface area contributed by atoms with Gasteiger partial charge in [0.15, 0.2) is 0 Å². The molecule has 1 N–H and O–H groups in total. The Hall–Kier alpha value is -1.89. The van der Waals surface area contributed by atoms with Crippen molar-refractivity contribution in [1.29, 1.82) is 0 Å². The number of amides is 1. The van der Waals surface area contributed by atoms with E-state index in [-0.39, 0.29) is 15.7 Å². The van der Waals surface area contributed by atoms with Crippen molar-refractivity contribution in [3.8, 4) is 0 Å². The Morgan fingerprint density at radius 2 is 1.67 bits per heavy atom. The van der Waals surface area contributed by atoms with Crippen LogP contribution in [-0.4, -0.2) is 5.91 Å². The van der Waals surface area contributed by atoms with E-state index < -0.39 is 23.5 Å². The van der Waals surface area contributed by atoms with Crippen LogP contribution >= 0.6 is 15.9 Å². The van der Waals surface area contributed by atoms with E-state index >= 15 is 0 Å². The lowest BCUT2D eigenvalue weighted by Crippen LogP contribution is -2.16. The minimum absolute atomic E-state index is 0.0624. The topological polar surface area (TPSA) is 29.1 Å². The summed E-state index contributed by atoms with van der Waals surface area (Å²) in [5.74, 6) is -1.28. The quantitative estimate of drug-likeness (QED) is 0.760. The van der Waals surface area contributed by atoms with E-state index in [2.05, 4.69) is 21.2 Å². The number of halogens is 5. The molecule has 0 unspecified atom stereocenters. The number of anilines is 1. The Morgan fingerprint density at radius 3 is 2.24 bits per heavy atom. The van der Waals surface area contributed by atoms with Crippen molar-refractivity contribution in [3.05, 3.63) is 63.9 Å². The van der Waals surface area contributed by atoms with Crippen LogP contribution in [0, 0.1) is 5.82 Å². The van der Waals surface area contributed by atoms with Gasteiger partial charge in [0.25, 0.3) is 5.91 Å². The predicted octanol–water partition coefficient (Wildman–Crippen LogP) is 4.86. The van der Waals surface area contributed by atoms with Gasteiger partial charge in [0, 0.05) is 10.0 Å². The summed E-state index contributed by atoms with van der Waals surface area (Å²) >= 11 is 2.95. The zero-order chi connectivity index (χ0) is 15.6. The Labute approximate surface area is 125 Å². The number of hydrogen-bond donors (Lipinski definition) is 1. The molecule has 0 saturated carbocycles. The summed E-state index contributed by atoms with van der Waals surface area (Å²) < 4.78 is 51.7. The highest BCUT2D eigenvalue weighted by molar-refractivity contribution is 9.10. The third-order valence-corrected chi connectivity index (χ3v) is 3.13. The SMILES string of the molecule is O=C(Nc1ccc(Br)cc1C(F)(F)F)c1ccc(F)cc1. The summed E-state index contributed by atoms with van der Waals surface area (Å²) in [6.07, 6.45) is -4.60. The van der Waals surface area contributed by atoms with Crippen LogP contribution in [0.1, 0.15) is 15.9 Å². The molecular weight excluding hydrogens is 354 g/mol. The summed E-state index contributed by atoms with van der Waals surface area (Å²) in [6.45, 7) is 0. The van der Waals surface area contributed by atoms with Gasteiger partial charge in [-0.1, -0.05) is 15.9 Å². The van der Waals surface area contributed by atoms with Gasteiger partial charge in [-0.3, -0.25) is 4.79 Å². The molecule has 0 fully saturated rings. The van der Waals surface area contributed by atoms with Gasteiger partial charge in [0.1, 0.15) is 5.82 Å². The maximum absolute atomic E-state index is 12.9. The molecule has 0 atom stereocenters. The van der Waals surface area contributed by atoms with Gasteiger partial charge in [0.05, 0.1) is 11.3 Å². The van der Waals surface area contributed by atoms with Crippen LogP contribution in [-0.2, 0) is 6.18 Å². The van der Waals surface area contributed by atoms with E-state index in [1.165, 1.54) is 18.2 Å². The van der Waals surface area contributed by atoms with Crippen molar-refractivity contribution in [2.45, 2.75) is 6.18 Å². The van der Waals surface area contributed by atoms with Gasteiger partial charge in [-0.25, -0.2) is 4.39 Å². The number of hydrogen-bond acceptors (Lipinski definition) is 1. The number of benzene rings is 2. The maximum atomic E-state index is 12.9. The molecular formula is C14H8BrF4NO.